The van der Waals surface area contributed by atoms with Gasteiger partial charge in [0.2, 0.25) is 0 Å². The molecule has 5 nitrogen and oxygen atoms in total. The third-order valence-corrected chi connectivity index (χ3v) is 2.58. The van der Waals surface area contributed by atoms with Crippen LogP contribution in [0.2, 0.25) is 0 Å². The molecule has 0 aromatic heterocycles. The molecule has 0 saturated carbocycles. The van der Waals surface area contributed by atoms with E-state index in [9.17, 15) is 13.5 Å². The molecule has 0 bridgehead atoms. The molecule has 0 aromatic carbocycles. The first-order valence-corrected chi connectivity index (χ1v) is 6.37. The lowest BCUT2D eigenvalue weighted by atomic mass is 9.93. The van der Waals surface area contributed by atoms with E-state index in [1.54, 1.807) is 0 Å². The van der Waals surface area contributed by atoms with Gasteiger partial charge in [0.25, 0.3) is 10.2 Å². The Morgan fingerprint density at radius 3 is 2.00 bits per heavy atom. The van der Waals surface area contributed by atoms with Crippen LogP contribution in [0.1, 0.15) is 39.5 Å². The van der Waals surface area contributed by atoms with E-state index in [0.29, 0.717) is 12.8 Å². The van der Waals surface area contributed by atoms with Crippen LogP contribution in [0, 0.1) is 0 Å². The Morgan fingerprint density at radius 1 is 1.29 bits per heavy atom. The van der Waals surface area contributed by atoms with Crippen LogP contribution in [-0.4, -0.2) is 25.7 Å². The topological polar surface area (TPSA) is 92.4 Å². The predicted molar refractivity (Wildman–Crippen MR) is 55.9 cm³/mol. The molecule has 0 heterocycles. The van der Waals surface area contributed by atoms with Crippen LogP contribution in [0.25, 0.3) is 0 Å². The van der Waals surface area contributed by atoms with E-state index in [1.165, 1.54) is 0 Å². The minimum Gasteiger partial charge on any atom is -0.389 e. The summed E-state index contributed by atoms with van der Waals surface area (Å²) in [6.07, 6.45) is 2.76. The van der Waals surface area contributed by atoms with Crippen LogP contribution >= 0.6 is 0 Å². The molecule has 0 aliphatic rings. The summed E-state index contributed by atoms with van der Waals surface area (Å²) < 4.78 is 23.4. The van der Waals surface area contributed by atoms with Gasteiger partial charge in [0, 0.05) is 6.54 Å². The van der Waals surface area contributed by atoms with Crippen LogP contribution in [-0.2, 0) is 10.2 Å². The Morgan fingerprint density at radius 2 is 1.71 bits per heavy atom. The van der Waals surface area contributed by atoms with Crippen molar-refractivity contribution < 1.29 is 13.5 Å². The maximum atomic E-state index is 10.6. The van der Waals surface area contributed by atoms with Crippen molar-refractivity contribution in [1.82, 2.24) is 4.72 Å². The zero-order chi connectivity index (χ0) is 11.2. The van der Waals surface area contributed by atoms with E-state index in [0.717, 1.165) is 12.8 Å². The summed E-state index contributed by atoms with van der Waals surface area (Å²) in [6, 6.07) is 0. The first-order valence-electron chi connectivity index (χ1n) is 4.83. The van der Waals surface area contributed by atoms with Crippen LogP contribution in [0.5, 0.6) is 0 Å². The van der Waals surface area contributed by atoms with Gasteiger partial charge in [-0.1, -0.05) is 26.7 Å². The zero-order valence-corrected chi connectivity index (χ0v) is 9.60. The van der Waals surface area contributed by atoms with Gasteiger partial charge in [-0.3, -0.25) is 0 Å². The largest absolute Gasteiger partial charge is 0.389 e. The number of nitrogens with one attached hydrogen (secondary N) is 1. The molecule has 6 heteroatoms. The van der Waals surface area contributed by atoms with E-state index in [4.69, 9.17) is 5.14 Å². The number of nitrogens with two attached hydrogens (primary N) is 1. The summed E-state index contributed by atoms with van der Waals surface area (Å²) >= 11 is 0. The lowest BCUT2D eigenvalue weighted by Gasteiger charge is -2.27. The van der Waals surface area contributed by atoms with Crippen molar-refractivity contribution in [3.63, 3.8) is 0 Å². The lowest BCUT2D eigenvalue weighted by molar-refractivity contribution is 0.0266. The Balaban J connectivity index is 4.22. The molecule has 0 saturated heterocycles. The Bertz CT molecular complexity index is 245. The van der Waals surface area contributed by atoms with Crippen molar-refractivity contribution in [3.05, 3.63) is 0 Å². The highest BCUT2D eigenvalue weighted by Crippen LogP contribution is 2.18. The molecule has 0 fully saturated rings. The van der Waals surface area contributed by atoms with E-state index in [1.807, 2.05) is 13.8 Å². The van der Waals surface area contributed by atoms with Gasteiger partial charge in [0.05, 0.1) is 5.60 Å². The minimum absolute atomic E-state index is 0.00644. The van der Waals surface area contributed by atoms with Crippen molar-refractivity contribution >= 4 is 10.2 Å². The Labute approximate surface area is 85.9 Å². The molecule has 0 unspecified atom stereocenters. The second kappa shape index (κ2) is 5.65. The zero-order valence-electron chi connectivity index (χ0n) is 8.78. The molecule has 0 radical (unpaired) electrons. The number of rotatable bonds is 7. The van der Waals surface area contributed by atoms with E-state index in [2.05, 4.69) is 4.72 Å². The fourth-order valence-electron chi connectivity index (χ4n) is 1.47. The average Bonchev–Trinajstić information content (AvgIpc) is 2.01. The fraction of sp³-hybridized carbons (Fsp3) is 1.00. The van der Waals surface area contributed by atoms with Gasteiger partial charge in [0.15, 0.2) is 0 Å². The number of hydrogen-bond acceptors (Lipinski definition) is 3. The smallest absolute Gasteiger partial charge is 0.274 e. The van der Waals surface area contributed by atoms with E-state index >= 15 is 0 Å². The molecule has 0 atom stereocenters. The maximum Gasteiger partial charge on any atom is 0.274 e. The van der Waals surface area contributed by atoms with Crippen molar-refractivity contribution in [2.45, 2.75) is 45.1 Å². The average molecular weight is 224 g/mol. The monoisotopic (exact) mass is 224 g/mol. The van der Waals surface area contributed by atoms with Gasteiger partial charge in [-0.05, 0) is 12.8 Å². The van der Waals surface area contributed by atoms with Crippen LogP contribution in [0.3, 0.4) is 0 Å². The quantitative estimate of drug-likeness (QED) is 0.573. The molecular weight excluding hydrogens is 204 g/mol. The number of aliphatic hydroxyl groups is 1. The molecule has 0 aromatic rings. The first-order chi connectivity index (χ1) is 6.33. The Kier molecular flexibility index (Phi) is 5.58. The molecule has 0 aliphatic carbocycles. The highest BCUT2D eigenvalue weighted by atomic mass is 32.2. The molecular formula is C8H20N2O3S. The molecule has 14 heavy (non-hydrogen) atoms. The third kappa shape index (κ3) is 6.31. The van der Waals surface area contributed by atoms with Gasteiger partial charge >= 0.3 is 0 Å². The summed E-state index contributed by atoms with van der Waals surface area (Å²) in [5.74, 6) is 0. The second-order valence-corrected chi connectivity index (χ2v) is 4.97. The molecule has 86 valence electrons. The number of hydrogen-bond donors (Lipinski definition) is 3. The third-order valence-electron chi connectivity index (χ3n) is 2.03. The summed E-state index contributed by atoms with van der Waals surface area (Å²) in [6.45, 7) is 3.88. The van der Waals surface area contributed by atoms with Gasteiger partial charge < -0.3 is 5.11 Å². The molecule has 4 N–H and O–H groups in total. The second-order valence-electron chi connectivity index (χ2n) is 3.59. The lowest BCUT2D eigenvalue weighted by Crippen LogP contribution is -2.44. The SMILES string of the molecule is CCCC(O)(CCC)CNS(N)(=O)=O. The molecule has 0 aliphatic heterocycles. The highest BCUT2D eigenvalue weighted by molar-refractivity contribution is 7.87. The van der Waals surface area contributed by atoms with Gasteiger partial charge in [-0.25, -0.2) is 5.14 Å². The van der Waals surface area contributed by atoms with Crippen molar-refractivity contribution in [2.24, 2.45) is 5.14 Å². The summed E-state index contributed by atoms with van der Waals surface area (Å²) in [7, 11) is -3.70. The minimum atomic E-state index is -3.70. The highest BCUT2D eigenvalue weighted by Gasteiger charge is 2.25. The van der Waals surface area contributed by atoms with Crippen molar-refractivity contribution in [2.75, 3.05) is 6.54 Å². The molecule has 0 rings (SSSR count). The summed E-state index contributed by atoms with van der Waals surface area (Å²) in [5, 5.41) is 14.8. The fourth-order valence-corrected chi connectivity index (χ4v) is 1.94. The summed E-state index contributed by atoms with van der Waals surface area (Å²) in [4.78, 5) is 0. The van der Waals surface area contributed by atoms with Crippen LogP contribution in [0.4, 0.5) is 0 Å². The standard InChI is InChI=1S/C8H20N2O3S/c1-3-5-8(11,6-4-2)7-10-14(9,12)13/h10-11H,3-7H2,1-2H3,(H2,9,12,13). The molecule has 0 spiro atoms. The van der Waals surface area contributed by atoms with Gasteiger partial charge in [-0.15, -0.1) is 0 Å². The molecule has 0 amide bonds. The van der Waals surface area contributed by atoms with Crippen LogP contribution in [0.15, 0.2) is 0 Å². The van der Waals surface area contributed by atoms with Crippen LogP contribution < -0.4 is 9.86 Å². The normalized spacial score (nSPS) is 13.1. The summed E-state index contributed by atoms with van der Waals surface area (Å²) in [5.41, 5.74) is -0.962. The predicted octanol–water partition coefficient (Wildman–Crippen LogP) is 0.111. The van der Waals surface area contributed by atoms with E-state index in [-0.39, 0.29) is 6.54 Å². The van der Waals surface area contributed by atoms with E-state index < -0.39 is 15.8 Å². The van der Waals surface area contributed by atoms with Gasteiger partial charge in [-0.2, -0.15) is 13.1 Å². The van der Waals surface area contributed by atoms with Crippen molar-refractivity contribution in [3.8, 4) is 0 Å². The maximum absolute atomic E-state index is 10.6. The van der Waals surface area contributed by atoms with Gasteiger partial charge in [0.1, 0.15) is 0 Å². The Hall–Kier alpha value is -0.170. The first kappa shape index (κ1) is 13.8. The van der Waals surface area contributed by atoms with Crippen molar-refractivity contribution in [1.29, 1.82) is 0 Å².